The summed E-state index contributed by atoms with van der Waals surface area (Å²) in [6, 6.07) is 4.17. The first-order valence-corrected chi connectivity index (χ1v) is 12.1. The summed E-state index contributed by atoms with van der Waals surface area (Å²) in [6.07, 6.45) is 2.60. The van der Waals surface area contributed by atoms with E-state index in [0.29, 0.717) is 48.5 Å². The molecule has 4 rings (SSSR count). The van der Waals surface area contributed by atoms with Crippen LogP contribution >= 0.6 is 23.6 Å². The van der Waals surface area contributed by atoms with Crippen molar-refractivity contribution in [3.8, 4) is 0 Å². The number of primary amides is 1. The van der Waals surface area contributed by atoms with Crippen molar-refractivity contribution >= 4 is 56.9 Å². The van der Waals surface area contributed by atoms with Gasteiger partial charge >= 0.3 is 0 Å². The maximum absolute atomic E-state index is 13.1. The SMILES string of the molecule is C[C@@H]1CCc2c(sc(NC(=S)NC(=O)c3cc([N+](=O)[O-])ccc3N3CCOCC3)c2C(N)=O)C1. The van der Waals surface area contributed by atoms with Gasteiger partial charge in [0.15, 0.2) is 5.11 Å². The van der Waals surface area contributed by atoms with Crippen molar-refractivity contribution in [2.75, 3.05) is 36.5 Å². The van der Waals surface area contributed by atoms with Gasteiger partial charge in [0.05, 0.1) is 35.0 Å². The molecule has 0 bridgehead atoms. The van der Waals surface area contributed by atoms with E-state index in [1.807, 2.05) is 4.90 Å². The third kappa shape index (κ3) is 5.03. The summed E-state index contributed by atoms with van der Waals surface area (Å²) in [6.45, 7) is 4.27. The number of hydrogen-bond acceptors (Lipinski definition) is 8. The Morgan fingerprint density at radius 3 is 2.74 bits per heavy atom. The van der Waals surface area contributed by atoms with Crippen molar-refractivity contribution in [3.63, 3.8) is 0 Å². The van der Waals surface area contributed by atoms with Crippen LogP contribution in [0.3, 0.4) is 0 Å². The molecule has 4 N–H and O–H groups in total. The van der Waals surface area contributed by atoms with Gasteiger partial charge in [-0.15, -0.1) is 11.3 Å². The molecule has 2 aliphatic rings. The molecule has 180 valence electrons. The second kappa shape index (κ2) is 10.0. The van der Waals surface area contributed by atoms with Crippen LogP contribution < -0.4 is 21.3 Å². The fourth-order valence-corrected chi connectivity index (χ4v) is 5.98. The van der Waals surface area contributed by atoms with E-state index in [9.17, 15) is 19.7 Å². The van der Waals surface area contributed by atoms with Crippen molar-refractivity contribution in [1.82, 2.24) is 5.32 Å². The Morgan fingerprint density at radius 1 is 1.32 bits per heavy atom. The normalized spacial score (nSPS) is 17.6. The molecule has 2 aromatic rings. The number of hydrogen-bond donors (Lipinski definition) is 3. The van der Waals surface area contributed by atoms with Gasteiger partial charge in [-0.05, 0) is 49.0 Å². The van der Waals surface area contributed by atoms with Crippen LogP contribution in [0.25, 0.3) is 0 Å². The molecule has 12 heteroatoms. The minimum atomic E-state index is -0.585. The van der Waals surface area contributed by atoms with Crippen LogP contribution in [-0.4, -0.2) is 48.2 Å². The number of carbonyl (C=O) groups excluding carboxylic acids is 2. The molecule has 1 aromatic carbocycles. The molecular weight excluding hydrogens is 478 g/mol. The largest absolute Gasteiger partial charge is 0.378 e. The number of nitro groups is 1. The zero-order valence-electron chi connectivity index (χ0n) is 18.6. The molecule has 2 amide bonds. The number of thiophene rings is 1. The molecule has 34 heavy (non-hydrogen) atoms. The summed E-state index contributed by atoms with van der Waals surface area (Å²) in [7, 11) is 0. The monoisotopic (exact) mass is 503 g/mol. The predicted molar refractivity (Wildman–Crippen MR) is 134 cm³/mol. The number of anilines is 2. The number of carbonyl (C=O) groups is 2. The van der Waals surface area contributed by atoms with Crippen LogP contribution in [0, 0.1) is 16.0 Å². The molecule has 1 aliphatic heterocycles. The van der Waals surface area contributed by atoms with Crippen LogP contribution in [0.1, 0.15) is 44.5 Å². The number of thiocarbonyl (C=S) groups is 1. The third-order valence-electron chi connectivity index (χ3n) is 6.00. The van der Waals surface area contributed by atoms with E-state index >= 15 is 0 Å². The van der Waals surface area contributed by atoms with Crippen molar-refractivity contribution in [2.45, 2.75) is 26.2 Å². The Balaban J connectivity index is 1.56. The summed E-state index contributed by atoms with van der Waals surface area (Å²) in [5.74, 6) is -0.617. The number of ether oxygens (including phenoxy) is 1. The lowest BCUT2D eigenvalue weighted by Gasteiger charge is -2.30. The van der Waals surface area contributed by atoms with Crippen LogP contribution in [0.4, 0.5) is 16.4 Å². The predicted octanol–water partition coefficient (Wildman–Crippen LogP) is 2.84. The fraction of sp³-hybridized carbons (Fsp3) is 0.409. The number of amides is 2. The maximum atomic E-state index is 13.1. The first-order valence-electron chi connectivity index (χ1n) is 10.9. The van der Waals surface area contributed by atoms with Crippen molar-refractivity contribution in [2.24, 2.45) is 11.7 Å². The van der Waals surface area contributed by atoms with Gasteiger partial charge in [-0.25, -0.2) is 0 Å². The van der Waals surface area contributed by atoms with Gasteiger partial charge in [-0.1, -0.05) is 6.92 Å². The second-order valence-electron chi connectivity index (χ2n) is 8.39. The lowest BCUT2D eigenvalue weighted by atomic mass is 9.88. The van der Waals surface area contributed by atoms with Gasteiger partial charge < -0.3 is 20.7 Å². The number of morpholine rings is 1. The lowest BCUT2D eigenvalue weighted by Crippen LogP contribution is -2.39. The molecule has 1 aromatic heterocycles. The van der Waals surface area contributed by atoms with Gasteiger partial charge in [-0.2, -0.15) is 0 Å². The molecule has 1 fully saturated rings. The first kappa shape index (κ1) is 24.0. The zero-order chi connectivity index (χ0) is 24.4. The number of benzene rings is 1. The summed E-state index contributed by atoms with van der Waals surface area (Å²) in [4.78, 5) is 39.1. The van der Waals surface area contributed by atoms with Gasteiger partial charge in [0.2, 0.25) is 0 Å². The first-order chi connectivity index (χ1) is 16.2. The number of nitrogens with one attached hydrogen (secondary N) is 2. The fourth-order valence-electron chi connectivity index (χ4n) is 4.30. The molecular formula is C22H25N5O5S2. The topological polar surface area (TPSA) is 140 Å². The van der Waals surface area contributed by atoms with Gasteiger partial charge in [0.1, 0.15) is 5.00 Å². The van der Waals surface area contributed by atoms with Crippen LogP contribution in [0.5, 0.6) is 0 Å². The van der Waals surface area contributed by atoms with Crippen molar-refractivity contribution in [1.29, 1.82) is 0 Å². The summed E-state index contributed by atoms with van der Waals surface area (Å²) >= 11 is 6.77. The average Bonchev–Trinajstić information content (AvgIpc) is 3.15. The van der Waals surface area contributed by atoms with Crippen molar-refractivity contribution < 1.29 is 19.2 Å². The van der Waals surface area contributed by atoms with E-state index in [1.54, 1.807) is 6.07 Å². The van der Waals surface area contributed by atoms with Crippen LogP contribution in [0.2, 0.25) is 0 Å². The molecule has 1 aliphatic carbocycles. The number of nitro benzene ring substituents is 1. The molecule has 10 nitrogen and oxygen atoms in total. The summed E-state index contributed by atoms with van der Waals surface area (Å²) < 4.78 is 5.37. The van der Waals surface area contributed by atoms with Crippen LogP contribution in [0.15, 0.2) is 18.2 Å². The van der Waals surface area contributed by atoms with E-state index in [0.717, 1.165) is 29.7 Å². The van der Waals surface area contributed by atoms with E-state index < -0.39 is 16.7 Å². The quantitative estimate of drug-likeness (QED) is 0.321. The molecule has 2 heterocycles. The number of nitrogens with two attached hydrogens (primary N) is 1. The molecule has 0 saturated carbocycles. The number of fused-ring (bicyclic) bond motifs is 1. The maximum Gasteiger partial charge on any atom is 0.270 e. The summed E-state index contributed by atoms with van der Waals surface area (Å²) in [5.41, 5.74) is 7.51. The third-order valence-corrected chi connectivity index (χ3v) is 7.37. The highest BCUT2D eigenvalue weighted by molar-refractivity contribution is 7.80. The number of rotatable bonds is 5. The molecule has 1 saturated heterocycles. The number of non-ortho nitro benzene ring substituents is 1. The highest BCUT2D eigenvalue weighted by atomic mass is 32.1. The Hall–Kier alpha value is -3.09. The highest BCUT2D eigenvalue weighted by Crippen LogP contribution is 2.39. The van der Waals surface area contributed by atoms with Crippen LogP contribution in [-0.2, 0) is 17.6 Å². The standard InChI is InChI=1S/C22H25N5O5S2/c1-12-2-4-14-17(10-12)34-21(18(14)19(23)28)25-22(33)24-20(29)15-11-13(27(30)31)3-5-16(15)26-6-8-32-9-7-26/h3,5,11-12H,2,4,6-10H2,1H3,(H2,23,28)(H2,24,25,29,33)/t12-/m1/s1. The average molecular weight is 504 g/mol. The minimum Gasteiger partial charge on any atom is -0.378 e. The van der Waals surface area contributed by atoms with E-state index in [2.05, 4.69) is 17.6 Å². The Bertz CT molecular complexity index is 1160. The second-order valence-corrected chi connectivity index (χ2v) is 9.90. The Kier molecular flexibility index (Phi) is 7.10. The van der Waals surface area contributed by atoms with Crippen molar-refractivity contribution in [3.05, 3.63) is 49.9 Å². The smallest absolute Gasteiger partial charge is 0.270 e. The minimum absolute atomic E-state index is 0.0152. The zero-order valence-corrected chi connectivity index (χ0v) is 20.2. The van der Waals surface area contributed by atoms with E-state index in [-0.39, 0.29) is 16.4 Å². The molecule has 1 atom stereocenters. The molecule has 0 radical (unpaired) electrons. The van der Waals surface area contributed by atoms with Gasteiger partial charge in [-0.3, -0.25) is 25.0 Å². The van der Waals surface area contributed by atoms with E-state index in [4.69, 9.17) is 22.7 Å². The highest BCUT2D eigenvalue weighted by Gasteiger charge is 2.28. The Labute approximate surface area is 205 Å². The van der Waals surface area contributed by atoms with Gasteiger partial charge in [0, 0.05) is 30.1 Å². The number of nitrogens with zero attached hydrogens (tertiary/aromatic N) is 2. The van der Waals surface area contributed by atoms with Gasteiger partial charge in [0.25, 0.3) is 17.5 Å². The lowest BCUT2D eigenvalue weighted by molar-refractivity contribution is -0.384. The molecule has 0 unspecified atom stereocenters. The Morgan fingerprint density at radius 2 is 2.06 bits per heavy atom. The van der Waals surface area contributed by atoms with E-state index in [1.165, 1.54) is 23.5 Å². The summed E-state index contributed by atoms with van der Waals surface area (Å²) in [5, 5.41) is 17.3. The molecule has 0 spiro atoms.